The van der Waals surface area contributed by atoms with Gasteiger partial charge in [0.05, 0.1) is 6.04 Å². The van der Waals surface area contributed by atoms with Crippen molar-refractivity contribution in [1.82, 2.24) is 10.2 Å². The molecular formula is C13H20N2O2S. The van der Waals surface area contributed by atoms with Crippen LogP contribution in [0.2, 0.25) is 0 Å². The number of methoxy groups -OCH3 is 1. The molecule has 18 heavy (non-hydrogen) atoms. The molecule has 1 saturated heterocycles. The van der Waals surface area contributed by atoms with Gasteiger partial charge in [-0.3, -0.25) is 10.1 Å². The normalized spacial score (nSPS) is 23.9. The second-order valence-electron chi connectivity index (χ2n) is 4.46. The van der Waals surface area contributed by atoms with Gasteiger partial charge in [0.1, 0.15) is 6.17 Å². The Balaban J connectivity index is 2.08. The molecule has 0 bridgehead atoms. The number of nitrogens with one attached hydrogen (secondary N) is 1. The highest BCUT2D eigenvalue weighted by Gasteiger charge is 2.38. The maximum atomic E-state index is 12.3. The van der Waals surface area contributed by atoms with E-state index in [4.69, 9.17) is 4.74 Å². The minimum Gasteiger partial charge on any atom is -0.385 e. The van der Waals surface area contributed by atoms with Crippen LogP contribution in [0, 0.1) is 0 Å². The van der Waals surface area contributed by atoms with E-state index < -0.39 is 0 Å². The lowest BCUT2D eigenvalue weighted by Crippen LogP contribution is -2.32. The van der Waals surface area contributed by atoms with Crippen LogP contribution in [0.25, 0.3) is 0 Å². The minimum absolute atomic E-state index is 0.0329. The summed E-state index contributed by atoms with van der Waals surface area (Å²) in [5.41, 5.74) is 1.18. The van der Waals surface area contributed by atoms with Crippen LogP contribution in [-0.2, 0) is 9.53 Å². The zero-order valence-corrected chi connectivity index (χ0v) is 11.7. The van der Waals surface area contributed by atoms with Crippen molar-refractivity contribution in [2.45, 2.75) is 32.0 Å². The molecule has 1 aliphatic rings. The summed E-state index contributed by atoms with van der Waals surface area (Å²) in [6.45, 7) is 3.48. The first-order valence-corrected chi connectivity index (χ1v) is 7.29. The first-order valence-electron chi connectivity index (χ1n) is 6.35. The van der Waals surface area contributed by atoms with E-state index in [1.165, 1.54) is 5.56 Å². The van der Waals surface area contributed by atoms with Crippen molar-refractivity contribution >= 4 is 17.2 Å². The van der Waals surface area contributed by atoms with Gasteiger partial charge in [-0.25, -0.2) is 0 Å². The van der Waals surface area contributed by atoms with Crippen LogP contribution in [0.5, 0.6) is 0 Å². The molecule has 1 aromatic heterocycles. The van der Waals surface area contributed by atoms with Gasteiger partial charge in [0, 0.05) is 20.3 Å². The topological polar surface area (TPSA) is 41.6 Å². The van der Waals surface area contributed by atoms with Gasteiger partial charge in [-0.15, -0.1) is 0 Å². The van der Waals surface area contributed by atoms with Crippen molar-refractivity contribution in [3.05, 3.63) is 22.4 Å². The molecule has 5 heteroatoms. The molecule has 0 aromatic carbocycles. The van der Waals surface area contributed by atoms with Crippen molar-refractivity contribution in [3.8, 4) is 0 Å². The summed E-state index contributed by atoms with van der Waals surface area (Å²) in [5.74, 6) is 0.213. The van der Waals surface area contributed by atoms with Crippen LogP contribution >= 0.6 is 11.3 Å². The number of rotatable bonds is 6. The van der Waals surface area contributed by atoms with E-state index in [-0.39, 0.29) is 18.1 Å². The van der Waals surface area contributed by atoms with Gasteiger partial charge in [0.2, 0.25) is 5.91 Å². The maximum absolute atomic E-state index is 12.3. The summed E-state index contributed by atoms with van der Waals surface area (Å²) in [4.78, 5) is 14.2. The smallest absolute Gasteiger partial charge is 0.241 e. The molecule has 2 atom stereocenters. The van der Waals surface area contributed by atoms with Crippen molar-refractivity contribution in [2.75, 3.05) is 20.3 Å². The van der Waals surface area contributed by atoms with Crippen LogP contribution < -0.4 is 5.32 Å². The molecule has 1 amide bonds. The molecule has 2 unspecified atom stereocenters. The molecule has 0 aliphatic carbocycles. The second-order valence-corrected chi connectivity index (χ2v) is 5.24. The SMILES string of the molecule is CCC1NC(c2ccsc2)N(CCCOC)C1=O. The molecule has 1 aromatic rings. The predicted molar refractivity (Wildman–Crippen MR) is 72.5 cm³/mol. The number of hydrogen-bond acceptors (Lipinski definition) is 4. The lowest BCUT2D eigenvalue weighted by Gasteiger charge is -2.23. The first kappa shape index (κ1) is 13.5. The average molecular weight is 268 g/mol. The molecule has 1 fully saturated rings. The molecule has 4 nitrogen and oxygen atoms in total. The molecule has 0 saturated carbocycles. The van der Waals surface area contributed by atoms with Gasteiger partial charge in [-0.2, -0.15) is 11.3 Å². The number of carbonyl (C=O) groups is 1. The van der Waals surface area contributed by atoms with Crippen LogP contribution in [-0.4, -0.2) is 37.1 Å². The second kappa shape index (κ2) is 6.31. The third-order valence-corrected chi connectivity index (χ3v) is 3.97. The van der Waals surface area contributed by atoms with Crippen LogP contribution in [0.3, 0.4) is 0 Å². The fraction of sp³-hybridized carbons (Fsp3) is 0.615. The first-order chi connectivity index (χ1) is 8.77. The van der Waals surface area contributed by atoms with E-state index in [1.54, 1.807) is 18.4 Å². The molecule has 0 radical (unpaired) electrons. The number of ether oxygens (including phenoxy) is 1. The monoisotopic (exact) mass is 268 g/mol. The molecule has 2 heterocycles. The molecule has 2 rings (SSSR count). The van der Waals surface area contributed by atoms with Crippen molar-refractivity contribution < 1.29 is 9.53 Å². The van der Waals surface area contributed by atoms with Crippen LogP contribution in [0.15, 0.2) is 16.8 Å². The summed E-state index contributed by atoms with van der Waals surface area (Å²) in [6, 6.07) is 2.04. The Labute approximate surface area is 112 Å². The zero-order valence-electron chi connectivity index (χ0n) is 10.9. The average Bonchev–Trinajstić information content (AvgIpc) is 2.99. The molecule has 1 aliphatic heterocycles. The predicted octanol–water partition coefficient (Wildman–Crippen LogP) is 1.99. The van der Waals surface area contributed by atoms with E-state index in [1.807, 2.05) is 17.2 Å². The van der Waals surface area contributed by atoms with E-state index in [9.17, 15) is 4.79 Å². The Kier molecular flexibility index (Phi) is 4.74. The van der Waals surface area contributed by atoms with E-state index in [0.717, 1.165) is 19.4 Å². The molecular weight excluding hydrogens is 248 g/mol. The van der Waals surface area contributed by atoms with Gasteiger partial charge >= 0.3 is 0 Å². The Bertz CT molecular complexity index is 380. The van der Waals surface area contributed by atoms with Crippen molar-refractivity contribution in [3.63, 3.8) is 0 Å². The number of carbonyl (C=O) groups excluding carboxylic acids is 1. The highest BCUT2D eigenvalue weighted by atomic mass is 32.1. The van der Waals surface area contributed by atoms with E-state index >= 15 is 0 Å². The third-order valence-electron chi connectivity index (χ3n) is 3.27. The van der Waals surface area contributed by atoms with Crippen LogP contribution in [0.1, 0.15) is 31.5 Å². The summed E-state index contributed by atoms with van der Waals surface area (Å²) in [7, 11) is 1.69. The van der Waals surface area contributed by atoms with Crippen molar-refractivity contribution in [1.29, 1.82) is 0 Å². The van der Waals surface area contributed by atoms with Gasteiger partial charge in [0.25, 0.3) is 0 Å². The van der Waals surface area contributed by atoms with Gasteiger partial charge in [-0.05, 0) is 35.2 Å². The lowest BCUT2D eigenvalue weighted by molar-refractivity contribution is -0.130. The Morgan fingerprint density at radius 3 is 3.00 bits per heavy atom. The van der Waals surface area contributed by atoms with E-state index in [0.29, 0.717) is 6.61 Å². The van der Waals surface area contributed by atoms with Crippen LogP contribution in [0.4, 0.5) is 0 Å². The summed E-state index contributed by atoms with van der Waals surface area (Å²) in [5, 5.41) is 7.57. The highest BCUT2D eigenvalue weighted by molar-refractivity contribution is 7.07. The van der Waals surface area contributed by atoms with Crippen molar-refractivity contribution in [2.24, 2.45) is 0 Å². The largest absolute Gasteiger partial charge is 0.385 e. The lowest BCUT2D eigenvalue weighted by atomic mass is 10.2. The number of nitrogens with zero attached hydrogens (tertiary/aromatic N) is 1. The number of amides is 1. The summed E-state index contributed by atoms with van der Waals surface area (Å²) < 4.78 is 5.06. The Morgan fingerprint density at radius 1 is 1.56 bits per heavy atom. The fourth-order valence-corrected chi connectivity index (χ4v) is 2.98. The quantitative estimate of drug-likeness (QED) is 0.802. The number of thiophene rings is 1. The zero-order chi connectivity index (χ0) is 13.0. The van der Waals surface area contributed by atoms with E-state index in [2.05, 4.69) is 16.8 Å². The Hall–Kier alpha value is -0.910. The number of hydrogen-bond donors (Lipinski definition) is 1. The molecule has 100 valence electrons. The van der Waals surface area contributed by atoms with Gasteiger partial charge < -0.3 is 9.64 Å². The highest BCUT2D eigenvalue weighted by Crippen LogP contribution is 2.27. The molecule has 1 N–H and O–H groups in total. The van der Waals surface area contributed by atoms with Gasteiger partial charge in [-0.1, -0.05) is 6.92 Å². The standard InChI is InChI=1S/C13H20N2O2S/c1-3-11-13(16)15(6-4-7-17-2)12(14-11)10-5-8-18-9-10/h5,8-9,11-12,14H,3-4,6-7H2,1-2H3. The molecule has 0 spiro atoms. The fourth-order valence-electron chi connectivity index (χ4n) is 2.30. The summed E-state index contributed by atoms with van der Waals surface area (Å²) >= 11 is 1.66. The maximum Gasteiger partial charge on any atom is 0.241 e. The Morgan fingerprint density at radius 2 is 2.39 bits per heavy atom. The van der Waals surface area contributed by atoms with Gasteiger partial charge in [0.15, 0.2) is 0 Å². The minimum atomic E-state index is -0.0440. The summed E-state index contributed by atoms with van der Waals surface area (Å²) in [6.07, 6.45) is 1.74. The third kappa shape index (κ3) is 2.74.